The lowest BCUT2D eigenvalue weighted by molar-refractivity contribution is -0.137. The Morgan fingerprint density at radius 1 is 1.17 bits per heavy atom. The van der Waals surface area contributed by atoms with E-state index < -0.39 is 11.7 Å². The molecule has 1 amide bonds. The Kier molecular flexibility index (Phi) is 4.96. The molecule has 0 unspecified atom stereocenters. The summed E-state index contributed by atoms with van der Waals surface area (Å²) in [5.41, 5.74) is 0.156. The number of halogens is 3. The number of carbonyl (C=O) groups is 1. The number of nitrogens with one attached hydrogen (secondary N) is 1. The molecule has 0 saturated heterocycles. The summed E-state index contributed by atoms with van der Waals surface area (Å²) in [5, 5.41) is 6.93. The van der Waals surface area contributed by atoms with E-state index >= 15 is 0 Å². The lowest BCUT2D eigenvalue weighted by Crippen LogP contribution is -2.30. The molecule has 0 bridgehead atoms. The average Bonchev–Trinajstić information content (AvgIpc) is 2.90. The van der Waals surface area contributed by atoms with Crippen molar-refractivity contribution >= 4 is 5.91 Å². The highest BCUT2D eigenvalue weighted by Crippen LogP contribution is 2.29. The van der Waals surface area contributed by atoms with Crippen LogP contribution in [0.15, 0.2) is 24.5 Å². The van der Waals surface area contributed by atoms with Gasteiger partial charge in [0.05, 0.1) is 23.0 Å². The minimum atomic E-state index is -4.45. The summed E-state index contributed by atoms with van der Waals surface area (Å²) in [6, 6.07) is 2.15. The maximum atomic E-state index is 12.6. The third-order valence-electron chi connectivity index (χ3n) is 3.31. The normalized spacial score (nSPS) is 12.0. The number of amides is 1. The van der Waals surface area contributed by atoms with Crippen molar-refractivity contribution in [1.29, 1.82) is 0 Å². The van der Waals surface area contributed by atoms with Gasteiger partial charge >= 0.3 is 6.18 Å². The summed E-state index contributed by atoms with van der Waals surface area (Å²) >= 11 is 0. The molecule has 2 rings (SSSR count). The van der Waals surface area contributed by atoms with Crippen LogP contribution in [0.1, 0.15) is 55.2 Å². The highest BCUT2D eigenvalue weighted by atomic mass is 19.4. The summed E-state index contributed by atoms with van der Waals surface area (Å²) in [7, 11) is 0. The van der Waals surface area contributed by atoms with Gasteiger partial charge in [-0.2, -0.15) is 18.3 Å². The molecule has 0 saturated carbocycles. The molecule has 2 aromatic rings. The Bertz CT molecular complexity index is 718. The first-order valence-corrected chi connectivity index (χ1v) is 7.53. The van der Waals surface area contributed by atoms with Crippen molar-refractivity contribution in [3.8, 4) is 5.82 Å². The molecule has 24 heavy (non-hydrogen) atoms. The van der Waals surface area contributed by atoms with Crippen LogP contribution in [-0.4, -0.2) is 26.7 Å². The van der Waals surface area contributed by atoms with Crippen LogP contribution in [0.3, 0.4) is 0 Å². The molecule has 0 radical (unpaired) electrons. The van der Waals surface area contributed by atoms with E-state index in [1.54, 1.807) is 0 Å². The second kappa shape index (κ2) is 6.62. The fourth-order valence-corrected chi connectivity index (χ4v) is 2.29. The molecular weight excluding hydrogens is 321 g/mol. The van der Waals surface area contributed by atoms with E-state index in [2.05, 4.69) is 15.4 Å². The molecule has 1 N–H and O–H groups in total. The van der Waals surface area contributed by atoms with Gasteiger partial charge in [-0.05, 0) is 31.9 Å². The second-order valence-corrected chi connectivity index (χ2v) is 6.04. The van der Waals surface area contributed by atoms with Crippen LogP contribution < -0.4 is 5.32 Å². The van der Waals surface area contributed by atoms with Gasteiger partial charge in [0.2, 0.25) is 0 Å². The van der Waals surface area contributed by atoms with Gasteiger partial charge in [0.1, 0.15) is 0 Å². The number of carbonyl (C=O) groups excluding carboxylic acids is 1. The fraction of sp³-hybridized carbons (Fsp3) is 0.438. The molecule has 0 fully saturated rings. The van der Waals surface area contributed by atoms with E-state index in [4.69, 9.17) is 0 Å². The minimum absolute atomic E-state index is 0.0370. The van der Waals surface area contributed by atoms with Crippen LogP contribution in [0.2, 0.25) is 0 Å². The molecule has 0 aliphatic rings. The van der Waals surface area contributed by atoms with Gasteiger partial charge in [0.15, 0.2) is 5.82 Å². The van der Waals surface area contributed by atoms with Crippen molar-refractivity contribution in [3.05, 3.63) is 41.3 Å². The van der Waals surface area contributed by atoms with Gasteiger partial charge in [0.25, 0.3) is 5.91 Å². The molecule has 0 aromatic carbocycles. The molecule has 0 spiro atoms. The maximum absolute atomic E-state index is 12.6. The molecule has 0 aliphatic carbocycles. The molecule has 2 aromatic heterocycles. The van der Waals surface area contributed by atoms with E-state index in [0.717, 1.165) is 12.3 Å². The average molecular weight is 340 g/mol. The topological polar surface area (TPSA) is 59.8 Å². The van der Waals surface area contributed by atoms with E-state index in [1.165, 1.54) is 16.9 Å². The summed E-state index contributed by atoms with van der Waals surface area (Å²) in [6.45, 7) is 7.44. The Morgan fingerprint density at radius 3 is 2.29 bits per heavy atom. The Balaban J connectivity index is 2.44. The Morgan fingerprint density at radius 2 is 1.83 bits per heavy atom. The van der Waals surface area contributed by atoms with E-state index in [0.29, 0.717) is 11.3 Å². The number of nitrogens with zero attached hydrogens (tertiary/aromatic N) is 3. The van der Waals surface area contributed by atoms with Crippen molar-refractivity contribution in [2.45, 2.75) is 45.8 Å². The molecule has 5 nitrogen and oxygen atoms in total. The maximum Gasteiger partial charge on any atom is 0.417 e. The smallest absolute Gasteiger partial charge is 0.350 e. The number of rotatable bonds is 4. The van der Waals surface area contributed by atoms with Crippen LogP contribution >= 0.6 is 0 Å². The quantitative estimate of drug-likeness (QED) is 0.926. The summed E-state index contributed by atoms with van der Waals surface area (Å²) in [4.78, 5) is 16.1. The number of pyridine rings is 1. The van der Waals surface area contributed by atoms with Gasteiger partial charge in [0, 0.05) is 12.2 Å². The largest absolute Gasteiger partial charge is 0.417 e. The second-order valence-electron chi connectivity index (χ2n) is 6.04. The number of hydrogen-bond acceptors (Lipinski definition) is 3. The molecule has 0 aliphatic heterocycles. The van der Waals surface area contributed by atoms with Crippen LogP contribution in [0.5, 0.6) is 0 Å². The van der Waals surface area contributed by atoms with Crippen LogP contribution in [-0.2, 0) is 6.18 Å². The zero-order valence-corrected chi connectivity index (χ0v) is 13.8. The highest BCUT2D eigenvalue weighted by molar-refractivity contribution is 5.95. The summed E-state index contributed by atoms with van der Waals surface area (Å²) in [6.07, 6.45) is -2.28. The first kappa shape index (κ1) is 18.0. The summed E-state index contributed by atoms with van der Waals surface area (Å²) < 4.78 is 39.3. The van der Waals surface area contributed by atoms with Crippen LogP contribution in [0.25, 0.3) is 5.82 Å². The predicted molar refractivity (Wildman–Crippen MR) is 83.1 cm³/mol. The number of hydrogen-bond donors (Lipinski definition) is 1. The number of aromatic nitrogens is 3. The number of alkyl halides is 3. The van der Waals surface area contributed by atoms with E-state index in [1.807, 2.05) is 27.7 Å². The fourth-order valence-electron chi connectivity index (χ4n) is 2.29. The first-order valence-electron chi connectivity index (χ1n) is 7.53. The van der Waals surface area contributed by atoms with Crippen molar-refractivity contribution in [2.24, 2.45) is 0 Å². The monoisotopic (exact) mass is 340 g/mol. The first-order chi connectivity index (χ1) is 11.1. The third-order valence-corrected chi connectivity index (χ3v) is 3.31. The van der Waals surface area contributed by atoms with Gasteiger partial charge in [-0.1, -0.05) is 13.8 Å². The minimum Gasteiger partial charge on any atom is -0.350 e. The molecule has 0 atom stereocenters. The molecule has 130 valence electrons. The van der Waals surface area contributed by atoms with Crippen molar-refractivity contribution in [1.82, 2.24) is 20.1 Å². The zero-order valence-electron chi connectivity index (χ0n) is 13.8. The van der Waals surface area contributed by atoms with Gasteiger partial charge in [-0.25, -0.2) is 9.67 Å². The Hall–Kier alpha value is -2.38. The lowest BCUT2D eigenvalue weighted by Gasteiger charge is -2.14. The van der Waals surface area contributed by atoms with Crippen LogP contribution in [0, 0.1) is 0 Å². The van der Waals surface area contributed by atoms with Gasteiger partial charge in [-0.15, -0.1) is 0 Å². The van der Waals surface area contributed by atoms with Gasteiger partial charge in [-0.3, -0.25) is 4.79 Å². The van der Waals surface area contributed by atoms with Crippen molar-refractivity contribution < 1.29 is 18.0 Å². The Labute approximate surface area is 137 Å². The molecule has 8 heteroatoms. The molecule has 2 heterocycles. The highest BCUT2D eigenvalue weighted by Gasteiger charge is 2.31. The third kappa shape index (κ3) is 3.74. The van der Waals surface area contributed by atoms with Crippen molar-refractivity contribution in [2.75, 3.05) is 0 Å². The SMILES string of the molecule is CC(C)NC(=O)c1cnn(-c2ccc(C(F)(F)F)cn2)c1C(C)C. The summed E-state index contributed by atoms with van der Waals surface area (Å²) in [5.74, 6) is -0.105. The zero-order chi connectivity index (χ0) is 18.1. The lowest BCUT2D eigenvalue weighted by atomic mass is 10.1. The van der Waals surface area contributed by atoms with Crippen LogP contribution in [0.4, 0.5) is 13.2 Å². The van der Waals surface area contributed by atoms with Gasteiger partial charge < -0.3 is 5.32 Å². The van der Waals surface area contributed by atoms with Crippen molar-refractivity contribution in [3.63, 3.8) is 0 Å². The predicted octanol–water partition coefficient (Wildman–Crippen LogP) is 3.55. The standard InChI is InChI=1S/C16H19F3N4O/c1-9(2)14-12(15(24)22-10(3)4)8-21-23(14)13-6-5-11(7-20-13)16(17,18)19/h5-10H,1-4H3,(H,22,24). The van der Waals surface area contributed by atoms with E-state index in [9.17, 15) is 18.0 Å². The molecular formula is C16H19F3N4O. The van der Waals surface area contributed by atoms with E-state index in [-0.39, 0.29) is 23.7 Å².